The zero-order valence-corrected chi connectivity index (χ0v) is 9.67. The first-order chi connectivity index (χ1) is 8.25. The summed E-state index contributed by atoms with van der Waals surface area (Å²) < 4.78 is 6.43. The topological polar surface area (TPSA) is 44.1 Å². The summed E-state index contributed by atoms with van der Waals surface area (Å²) in [7, 11) is 0. The molecule has 88 valence electrons. The van der Waals surface area contributed by atoms with Crippen LogP contribution in [0.4, 0.5) is 4.79 Å². The van der Waals surface area contributed by atoms with E-state index in [2.05, 4.69) is 11.1 Å². The maximum Gasteiger partial charge on any atom is 0.419 e. The molecule has 0 saturated carbocycles. The van der Waals surface area contributed by atoms with Gasteiger partial charge in [0.2, 0.25) is 0 Å². The Morgan fingerprint density at radius 2 is 2.35 bits per heavy atom. The van der Waals surface area contributed by atoms with E-state index < -0.39 is 6.09 Å². The summed E-state index contributed by atoms with van der Waals surface area (Å²) in [5.41, 5.74) is 2.38. The van der Waals surface area contributed by atoms with Gasteiger partial charge in [0.05, 0.1) is 6.61 Å². The third-order valence-electron chi connectivity index (χ3n) is 2.41. The third-order valence-corrected chi connectivity index (χ3v) is 2.41. The highest BCUT2D eigenvalue weighted by Crippen LogP contribution is 2.05. The Balaban J connectivity index is 1.82. The minimum absolute atomic E-state index is 0.375. The minimum Gasteiger partial charge on any atom is -0.449 e. The smallest absolute Gasteiger partial charge is 0.419 e. The standard InChI is InChI=1S/C13H14N2O2/c1-11-3-2-4-12(9-11)5-8-17-13(16)15-7-6-14-10-15/h2-4,6-7,9-10H,5,8H2,1H3. The Kier molecular flexibility index (Phi) is 3.55. The van der Waals surface area contributed by atoms with Crippen LogP contribution in [0.25, 0.3) is 0 Å². The first-order valence-electron chi connectivity index (χ1n) is 5.46. The van der Waals surface area contributed by atoms with Crippen molar-refractivity contribution in [3.8, 4) is 0 Å². The molecule has 0 N–H and O–H groups in total. The third kappa shape index (κ3) is 3.17. The second-order valence-electron chi connectivity index (χ2n) is 3.82. The second kappa shape index (κ2) is 5.30. The van der Waals surface area contributed by atoms with E-state index in [0.29, 0.717) is 6.61 Å². The van der Waals surface area contributed by atoms with E-state index in [4.69, 9.17) is 4.74 Å². The number of aryl methyl sites for hydroxylation is 1. The number of hydrogen-bond acceptors (Lipinski definition) is 3. The molecule has 2 rings (SSSR count). The number of carbonyl (C=O) groups excluding carboxylic acids is 1. The zero-order valence-electron chi connectivity index (χ0n) is 9.67. The van der Waals surface area contributed by atoms with Crippen molar-refractivity contribution >= 4 is 6.09 Å². The van der Waals surface area contributed by atoms with Crippen LogP contribution in [-0.2, 0) is 11.2 Å². The summed E-state index contributed by atoms with van der Waals surface area (Å²) in [6.45, 7) is 2.42. The van der Waals surface area contributed by atoms with E-state index in [1.165, 1.54) is 22.0 Å². The summed E-state index contributed by atoms with van der Waals surface area (Å²) in [6.07, 6.45) is 4.86. The molecule has 0 radical (unpaired) electrons. The zero-order chi connectivity index (χ0) is 12.1. The van der Waals surface area contributed by atoms with Crippen molar-refractivity contribution in [1.29, 1.82) is 0 Å². The number of nitrogens with zero attached hydrogens (tertiary/aromatic N) is 2. The lowest BCUT2D eigenvalue weighted by molar-refractivity contribution is 0.149. The van der Waals surface area contributed by atoms with Gasteiger partial charge in [-0.25, -0.2) is 14.3 Å². The number of imidazole rings is 1. The molecular weight excluding hydrogens is 216 g/mol. The van der Waals surface area contributed by atoms with E-state index in [1.54, 1.807) is 12.4 Å². The SMILES string of the molecule is Cc1cccc(CCOC(=O)n2ccnc2)c1. The summed E-state index contributed by atoms with van der Waals surface area (Å²) in [5, 5.41) is 0. The molecule has 0 spiro atoms. The number of rotatable bonds is 3. The highest BCUT2D eigenvalue weighted by atomic mass is 16.5. The Morgan fingerprint density at radius 1 is 1.47 bits per heavy atom. The first kappa shape index (κ1) is 11.4. The van der Waals surface area contributed by atoms with E-state index in [1.807, 2.05) is 25.1 Å². The van der Waals surface area contributed by atoms with Gasteiger partial charge in [-0.1, -0.05) is 29.8 Å². The highest BCUT2D eigenvalue weighted by Gasteiger charge is 2.04. The maximum absolute atomic E-state index is 11.5. The van der Waals surface area contributed by atoms with Crippen molar-refractivity contribution in [2.75, 3.05) is 6.61 Å². The van der Waals surface area contributed by atoms with Crippen LogP contribution in [0.5, 0.6) is 0 Å². The average Bonchev–Trinajstić information content (AvgIpc) is 2.82. The van der Waals surface area contributed by atoms with Gasteiger partial charge in [-0.3, -0.25) is 0 Å². The Labute approximate surface area is 99.9 Å². The van der Waals surface area contributed by atoms with Crippen LogP contribution in [0, 0.1) is 6.92 Å². The summed E-state index contributed by atoms with van der Waals surface area (Å²) in [4.78, 5) is 15.2. The van der Waals surface area contributed by atoms with E-state index in [0.717, 1.165) is 6.42 Å². The summed E-state index contributed by atoms with van der Waals surface area (Å²) in [5.74, 6) is 0. The van der Waals surface area contributed by atoms with E-state index >= 15 is 0 Å². The Morgan fingerprint density at radius 3 is 3.06 bits per heavy atom. The van der Waals surface area contributed by atoms with E-state index in [9.17, 15) is 4.79 Å². The van der Waals surface area contributed by atoms with Crippen LogP contribution >= 0.6 is 0 Å². The fourth-order valence-corrected chi connectivity index (χ4v) is 1.57. The number of aromatic nitrogens is 2. The highest BCUT2D eigenvalue weighted by molar-refractivity contribution is 5.69. The van der Waals surface area contributed by atoms with Crippen LogP contribution in [0.2, 0.25) is 0 Å². The normalized spacial score (nSPS) is 10.2. The molecule has 0 unspecified atom stereocenters. The quantitative estimate of drug-likeness (QED) is 0.813. The number of benzene rings is 1. The van der Waals surface area contributed by atoms with Crippen LogP contribution in [0.1, 0.15) is 11.1 Å². The molecule has 2 aromatic rings. The number of carbonyl (C=O) groups is 1. The van der Waals surface area contributed by atoms with Gasteiger partial charge in [-0.05, 0) is 12.5 Å². The molecule has 0 aliphatic carbocycles. The molecule has 0 fully saturated rings. The molecule has 1 aromatic carbocycles. The van der Waals surface area contributed by atoms with Gasteiger partial charge >= 0.3 is 6.09 Å². The lowest BCUT2D eigenvalue weighted by Crippen LogP contribution is -2.13. The van der Waals surface area contributed by atoms with Gasteiger partial charge in [0.15, 0.2) is 0 Å². The molecule has 0 bridgehead atoms. The Hall–Kier alpha value is -2.10. The van der Waals surface area contributed by atoms with Crippen molar-refractivity contribution in [3.05, 3.63) is 54.1 Å². The monoisotopic (exact) mass is 230 g/mol. The van der Waals surface area contributed by atoms with Crippen LogP contribution < -0.4 is 0 Å². The minimum atomic E-state index is -0.393. The average molecular weight is 230 g/mol. The molecule has 0 amide bonds. The van der Waals surface area contributed by atoms with Gasteiger partial charge in [-0.2, -0.15) is 0 Å². The molecule has 1 aromatic heterocycles. The molecule has 0 aliphatic rings. The van der Waals surface area contributed by atoms with Crippen molar-refractivity contribution in [3.63, 3.8) is 0 Å². The largest absolute Gasteiger partial charge is 0.449 e. The predicted octanol–water partition coefficient (Wildman–Crippen LogP) is 2.42. The predicted molar refractivity (Wildman–Crippen MR) is 63.9 cm³/mol. The molecule has 4 heteroatoms. The molecule has 17 heavy (non-hydrogen) atoms. The van der Waals surface area contributed by atoms with Gasteiger partial charge in [0, 0.05) is 18.8 Å². The fourth-order valence-electron chi connectivity index (χ4n) is 1.57. The number of hydrogen-bond donors (Lipinski definition) is 0. The van der Waals surface area contributed by atoms with Crippen LogP contribution in [0.15, 0.2) is 43.0 Å². The maximum atomic E-state index is 11.5. The first-order valence-corrected chi connectivity index (χ1v) is 5.46. The van der Waals surface area contributed by atoms with Gasteiger partial charge in [0.25, 0.3) is 0 Å². The lowest BCUT2D eigenvalue weighted by atomic mass is 10.1. The van der Waals surface area contributed by atoms with Crippen LogP contribution in [0.3, 0.4) is 0 Å². The van der Waals surface area contributed by atoms with Gasteiger partial charge in [-0.15, -0.1) is 0 Å². The van der Waals surface area contributed by atoms with Crippen LogP contribution in [-0.4, -0.2) is 22.3 Å². The van der Waals surface area contributed by atoms with Gasteiger partial charge < -0.3 is 4.74 Å². The van der Waals surface area contributed by atoms with E-state index in [-0.39, 0.29) is 0 Å². The van der Waals surface area contributed by atoms with Crippen molar-refractivity contribution < 1.29 is 9.53 Å². The molecule has 0 saturated heterocycles. The number of ether oxygens (including phenoxy) is 1. The van der Waals surface area contributed by atoms with Crippen molar-refractivity contribution in [1.82, 2.24) is 9.55 Å². The molecule has 1 heterocycles. The Bertz CT molecular complexity index is 492. The van der Waals surface area contributed by atoms with Crippen molar-refractivity contribution in [2.45, 2.75) is 13.3 Å². The fraction of sp³-hybridized carbons (Fsp3) is 0.231. The van der Waals surface area contributed by atoms with Gasteiger partial charge in [0.1, 0.15) is 6.33 Å². The summed E-state index contributed by atoms with van der Waals surface area (Å²) >= 11 is 0. The second-order valence-corrected chi connectivity index (χ2v) is 3.82. The lowest BCUT2D eigenvalue weighted by Gasteiger charge is -2.05. The molecule has 0 atom stereocenters. The van der Waals surface area contributed by atoms with Crippen molar-refractivity contribution in [2.24, 2.45) is 0 Å². The molecule has 4 nitrogen and oxygen atoms in total. The summed E-state index contributed by atoms with van der Waals surface area (Å²) in [6, 6.07) is 8.16. The molecule has 0 aliphatic heterocycles. The molecular formula is C13H14N2O2.